The highest BCUT2D eigenvalue weighted by Gasteiger charge is 2.42. The molecule has 0 spiro atoms. The molecule has 0 saturated carbocycles. The molecule has 3 rings (SSSR count). The number of hydrogen-bond acceptors (Lipinski definition) is 4. The van der Waals surface area contributed by atoms with Crippen LogP contribution in [0.3, 0.4) is 0 Å². The molecule has 8 atom stereocenters. The minimum Gasteiger partial charge on any atom is -0.458 e. The molecule has 2 unspecified atom stereocenters. The highest BCUT2D eigenvalue weighted by molar-refractivity contribution is 5.96. The maximum Gasteiger partial charge on any atom is 0.334 e. The molecule has 0 amide bonds. The van der Waals surface area contributed by atoms with Gasteiger partial charge in [0.15, 0.2) is 0 Å². The molecule has 0 aromatic heterocycles. The summed E-state index contributed by atoms with van der Waals surface area (Å²) in [4.78, 5) is 13.3. The van der Waals surface area contributed by atoms with Gasteiger partial charge in [-0.1, -0.05) is 75.2 Å². The summed E-state index contributed by atoms with van der Waals surface area (Å²) in [5.41, 5.74) is 7.37. The Hall–Kier alpha value is -2.17. The topological polar surface area (TPSA) is 55.8 Å². The predicted molar refractivity (Wildman–Crippen MR) is 157 cm³/mol. The molecule has 1 N–H and O–H groups in total. The van der Waals surface area contributed by atoms with Crippen molar-refractivity contribution in [1.29, 1.82) is 0 Å². The molecular formula is C34H50O4. The van der Waals surface area contributed by atoms with E-state index in [1.54, 1.807) is 0 Å². The van der Waals surface area contributed by atoms with Gasteiger partial charge in [0.2, 0.25) is 0 Å². The summed E-state index contributed by atoms with van der Waals surface area (Å²) in [5, 5.41) is 11.0. The van der Waals surface area contributed by atoms with E-state index in [0.717, 1.165) is 42.4 Å². The van der Waals surface area contributed by atoms with Crippen molar-refractivity contribution in [1.82, 2.24) is 0 Å². The third kappa shape index (κ3) is 6.51. The maximum absolute atomic E-state index is 13.3. The molecule has 1 heterocycles. The lowest BCUT2D eigenvalue weighted by Gasteiger charge is -2.43. The first-order valence-corrected chi connectivity index (χ1v) is 14.5. The zero-order chi connectivity index (χ0) is 28.3. The highest BCUT2D eigenvalue weighted by atomic mass is 16.5. The lowest BCUT2D eigenvalue weighted by atomic mass is 9.77. The van der Waals surface area contributed by atoms with E-state index >= 15 is 0 Å². The van der Waals surface area contributed by atoms with E-state index in [-0.39, 0.29) is 42.0 Å². The molecule has 4 heteroatoms. The van der Waals surface area contributed by atoms with Crippen molar-refractivity contribution in [3.63, 3.8) is 0 Å². The molecule has 1 aromatic rings. The Morgan fingerprint density at radius 2 is 1.74 bits per heavy atom. The van der Waals surface area contributed by atoms with E-state index in [1.807, 2.05) is 13.8 Å². The average Bonchev–Trinajstić information content (AvgIpc) is 3.21. The fourth-order valence-electron chi connectivity index (χ4n) is 6.55. The van der Waals surface area contributed by atoms with Crippen LogP contribution >= 0.6 is 0 Å². The van der Waals surface area contributed by atoms with Crippen molar-refractivity contribution in [2.24, 2.45) is 23.7 Å². The molecule has 4 nitrogen and oxygen atoms in total. The number of aliphatic hydroxyl groups is 1. The number of allylic oxidation sites excluding steroid dienone is 2. The van der Waals surface area contributed by atoms with Crippen molar-refractivity contribution < 1.29 is 19.4 Å². The van der Waals surface area contributed by atoms with Crippen LogP contribution in [0, 0.1) is 30.6 Å². The second kappa shape index (κ2) is 12.8. The van der Waals surface area contributed by atoms with Crippen LogP contribution in [0.25, 0.3) is 5.57 Å². The molecule has 0 bridgehead atoms. The largest absolute Gasteiger partial charge is 0.458 e. The number of carbonyl (C=O) groups excluding carboxylic acids is 1. The Balaban J connectivity index is 1.76. The molecule has 2 aliphatic rings. The van der Waals surface area contributed by atoms with Gasteiger partial charge in [-0.05, 0) is 88.3 Å². The van der Waals surface area contributed by atoms with Crippen LogP contribution in [0.15, 0.2) is 53.1 Å². The monoisotopic (exact) mass is 522 g/mol. The number of ether oxygens (including phenoxy) is 2. The fraction of sp³-hybridized carbons (Fsp3) is 0.618. The molecule has 210 valence electrons. The predicted octanol–water partition coefficient (Wildman–Crippen LogP) is 7.84. The number of esters is 1. The van der Waals surface area contributed by atoms with Crippen molar-refractivity contribution in [3.05, 3.63) is 64.3 Å². The zero-order valence-electron chi connectivity index (χ0n) is 25.1. The first kappa shape index (κ1) is 30.4. The Morgan fingerprint density at radius 3 is 2.32 bits per heavy atom. The van der Waals surface area contributed by atoms with Crippen molar-refractivity contribution in [2.45, 2.75) is 112 Å². The van der Waals surface area contributed by atoms with E-state index in [0.29, 0.717) is 11.5 Å². The summed E-state index contributed by atoms with van der Waals surface area (Å²) < 4.78 is 12.6. The number of hydrogen-bond donors (Lipinski definition) is 1. The second-order valence-electron chi connectivity index (χ2n) is 12.1. The third-order valence-corrected chi connectivity index (χ3v) is 9.38. The van der Waals surface area contributed by atoms with Crippen LogP contribution in [0.1, 0.15) is 92.2 Å². The smallest absolute Gasteiger partial charge is 0.334 e. The Kier molecular flexibility index (Phi) is 10.2. The third-order valence-electron chi connectivity index (χ3n) is 9.38. The Morgan fingerprint density at radius 1 is 1.11 bits per heavy atom. The van der Waals surface area contributed by atoms with E-state index in [9.17, 15) is 9.90 Å². The summed E-state index contributed by atoms with van der Waals surface area (Å²) >= 11 is 0. The van der Waals surface area contributed by atoms with Crippen LogP contribution in [0.2, 0.25) is 0 Å². The van der Waals surface area contributed by atoms with Crippen LogP contribution in [-0.4, -0.2) is 35.5 Å². The van der Waals surface area contributed by atoms with Crippen LogP contribution < -0.4 is 0 Å². The number of carbonyl (C=O) groups is 1. The minimum absolute atomic E-state index is 0.0861. The summed E-state index contributed by atoms with van der Waals surface area (Å²) in [7, 11) is 0. The van der Waals surface area contributed by atoms with Gasteiger partial charge in [0.05, 0.1) is 18.3 Å². The summed E-state index contributed by atoms with van der Waals surface area (Å²) in [6.45, 7) is 23.1. The molecule has 1 aromatic carbocycles. The first-order chi connectivity index (χ1) is 17.9. The molecule has 1 fully saturated rings. The van der Waals surface area contributed by atoms with Gasteiger partial charge in [0.25, 0.3) is 0 Å². The quantitative estimate of drug-likeness (QED) is 0.265. The van der Waals surface area contributed by atoms with Crippen molar-refractivity contribution in [3.8, 4) is 0 Å². The standard InChI is InChI=1S/C34H50O4/c1-11-28-24(8)25(9)33(35)29(37-28)17-14-21(5)32-30(18-22(6)31(32)19(2)3)38-34(36)26(10)23(7)27-15-12-20(4)13-16-27/h12-13,15-16,21,24-25,28-30,32-33,35H,2,11,14,17-18H2,1,3-10H3/b26-23-/t21-,24-,25-,28+,29?,30?,32-,33+/m0/s1. The molecule has 1 aliphatic heterocycles. The van der Waals surface area contributed by atoms with Gasteiger partial charge in [-0.15, -0.1) is 0 Å². The highest BCUT2D eigenvalue weighted by Crippen LogP contribution is 2.44. The van der Waals surface area contributed by atoms with Gasteiger partial charge < -0.3 is 14.6 Å². The average molecular weight is 523 g/mol. The lowest BCUT2D eigenvalue weighted by molar-refractivity contribution is -0.172. The van der Waals surface area contributed by atoms with Crippen LogP contribution in [-0.2, 0) is 14.3 Å². The van der Waals surface area contributed by atoms with E-state index in [2.05, 4.69) is 79.3 Å². The number of benzene rings is 1. The van der Waals surface area contributed by atoms with Gasteiger partial charge in [-0.2, -0.15) is 0 Å². The van der Waals surface area contributed by atoms with Gasteiger partial charge in [0, 0.05) is 17.9 Å². The zero-order valence-corrected chi connectivity index (χ0v) is 25.1. The van der Waals surface area contributed by atoms with E-state index in [1.165, 1.54) is 16.7 Å². The Bertz CT molecular complexity index is 1060. The molecular weight excluding hydrogens is 472 g/mol. The summed E-state index contributed by atoms with van der Waals surface area (Å²) in [6.07, 6.45) is 2.73. The van der Waals surface area contributed by atoms with E-state index < -0.39 is 6.10 Å². The van der Waals surface area contributed by atoms with Crippen LogP contribution in [0.4, 0.5) is 0 Å². The Labute approximate surface area is 231 Å². The van der Waals surface area contributed by atoms with Gasteiger partial charge in [-0.3, -0.25) is 0 Å². The summed E-state index contributed by atoms with van der Waals surface area (Å²) in [5.74, 6) is 0.657. The lowest BCUT2D eigenvalue weighted by Crippen LogP contribution is -2.49. The summed E-state index contributed by atoms with van der Waals surface area (Å²) in [6, 6.07) is 8.24. The molecule has 0 radical (unpaired) electrons. The number of aliphatic hydroxyl groups excluding tert-OH is 1. The SMILES string of the molecule is C=C(C)C1=C(C)CC(OC(=O)/C(C)=C(/C)c2ccc(C)cc2)[C@@H]1[C@@H](C)CCC1O[C@H](CC)[C@@H](C)[C@H](C)[C@H]1O. The maximum atomic E-state index is 13.3. The van der Waals surface area contributed by atoms with Gasteiger partial charge in [0.1, 0.15) is 6.10 Å². The van der Waals surface area contributed by atoms with Gasteiger partial charge >= 0.3 is 5.97 Å². The molecule has 38 heavy (non-hydrogen) atoms. The van der Waals surface area contributed by atoms with Crippen LogP contribution in [0.5, 0.6) is 0 Å². The minimum atomic E-state index is -0.451. The second-order valence-corrected chi connectivity index (χ2v) is 12.1. The number of rotatable bonds is 9. The molecule has 1 aliphatic carbocycles. The molecule has 1 saturated heterocycles. The number of aryl methyl sites for hydroxylation is 1. The normalized spacial score (nSPS) is 31.2. The van der Waals surface area contributed by atoms with E-state index in [4.69, 9.17) is 9.47 Å². The first-order valence-electron chi connectivity index (χ1n) is 14.5. The van der Waals surface area contributed by atoms with Crippen molar-refractivity contribution in [2.75, 3.05) is 0 Å². The van der Waals surface area contributed by atoms with Crippen molar-refractivity contribution >= 4 is 11.5 Å². The van der Waals surface area contributed by atoms with Gasteiger partial charge in [-0.25, -0.2) is 4.79 Å². The fourth-order valence-corrected chi connectivity index (χ4v) is 6.55.